The molecule has 3 aliphatic rings. The predicted octanol–water partition coefficient (Wildman–Crippen LogP) is 2.45. The Kier molecular flexibility index (Phi) is 7.36. The predicted molar refractivity (Wildman–Crippen MR) is 125 cm³/mol. The molecule has 3 aromatic rings. The molecule has 1 aromatic carbocycles. The standard InChI is InChI=1S/C20H19ClFN3.C4H6O6/c21-19-4-1-13(10-23-19)11-25-18-3-2-15(22)9-16(18)17-12-24-7-5-14(6-8-24)20(17)25;5-1(3(7)8)2(6)4(9)10/h1-4,9-10,14H,5-8,11-12H2;1-2,5-6H,(H,7,8)(H,9,10). The van der Waals surface area contributed by atoms with E-state index in [0.29, 0.717) is 11.1 Å². The van der Waals surface area contributed by atoms with Crippen LogP contribution in [-0.4, -0.2) is 72.1 Å². The van der Waals surface area contributed by atoms with Crippen LogP contribution in [0.5, 0.6) is 0 Å². The number of halogens is 2. The van der Waals surface area contributed by atoms with E-state index >= 15 is 0 Å². The summed E-state index contributed by atoms with van der Waals surface area (Å²) in [6, 6.07) is 9.05. The monoisotopic (exact) mass is 505 g/mol. The molecule has 2 bridgehead atoms. The van der Waals surface area contributed by atoms with E-state index in [2.05, 4.69) is 14.5 Å². The summed E-state index contributed by atoms with van der Waals surface area (Å²) < 4.78 is 16.3. The van der Waals surface area contributed by atoms with Crippen LogP contribution in [0.25, 0.3) is 10.9 Å². The molecule has 0 amide bonds. The highest BCUT2D eigenvalue weighted by atomic mass is 35.5. The first-order chi connectivity index (χ1) is 16.7. The van der Waals surface area contributed by atoms with Gasteiger partial charge in [-0.2, -0.15) is 0 Å². The Morgan fingerprint density at radius 3 is 2.31 bits per heavy atom. The number of piperidine rings is 1. The maximum atomic E-state index is 14.0. The second-order valence-electron chi connectivity index (χ2n) is 8.72. The van der Waals surface area contributed by atoms with Crippen molar-refractivity contribution in [2.45, 2.75) is 44.1 Å². The third kappa shape index (κ3) is 5.30. The van der Waals surface area contributed by atoms with Crippen LogP contribution >= 0.6 is 11.6 Å². The highest BCUT2D eigenvalue weighted by Crippen LogP contribution is 2.41. The number of rotatable bonds is 5. The van der Waals surface area contributed by atoms with Crippen molar-refractivity contribution in [3.63, 3.8) is 0 Å². The molecular formula is C24H25ClFN3O6. The lowest BCUT2D eigenvalue weighted by Gasteiger charge is -2.27. The van der Waals surface area contributed by atoms with Gasteiger partial charge in [-0.3, -0.25) is 4.90 Å². The van der Waals surface area contributed by atoms with Crippen LogP contribution in [0.4, 0.5) is 4.39 Å². The van der Waals surface area contributed by atoms with Gasteiger partial charge in [0.2, 0.25) is 0 Å². The normalized spacial score (nSPS) is 20.3. The highest BCUT2D eigenvalue weighted by molar-refractivity contribution is 6.29. The van der Waals surface area contributed by atoms with Gasteiger partial charge in [-0.25, -0.2) is 19.0 Å². The van der Waals surface area contributed by atoms with Crippen molar-refractivity contribution in [3.8, 4) is 0 Å². The number of aliphatic hydroxyl groups excluding tert-OH is 2. The molecule has 2 unspecified atom stereocenters. The van der Waals surface area contributed by atoms with E-state index in [1.54, 1.807) is 12.1 Å². The zero-order chi connectivity index (χ0) is 25.3. The Hall–Kier alpha value is -3.05. The molecular weight excluding hydrogens is 481 g/mol. The average Bonchev–Trinajstić information content (AvgIpc) is 2.96. The van der Waals surface area contributed by atoms with Gasteiger partial charge in [0.05, 0.1) is 0 Å². The lowest BCUT2D eigenvalue weighted by molar-refractivity contribution is -0.165. The molecule has 4 N–H and O–H groups in total. The van der Waals surface area contributed by atoms with Crippen molar-refractivity contribution < 1.29 is 34.4 Å². The maximum Gasteiger partial charge on any atom is 0.335 e. The van der Waals surface area contributed by atoms with E-state index in [1.165, 1.54) is 24.1 Å². The minimum absolute atomic E-state index is 0.160. The van der Waals surface area contributed by atoms with E-state index in [9.17, 15) is 14.0 Å². The lowest BCUT2D eigenvalue weighted by atomic mass is 9.94. The largest absolute Gasteiger partial charge is 0.479 e. The summed E-state index contributed by atoms with van der Waals surface area (Å²) in [7, 11) is 0. The number of hydrogen-bond donors (Lipinski definition) is 4. The molecule has 3 aliphatic heterocycles. The number of pyridine rings is 1. The summed E-state index contributed by atoms with van der Waals surface area (Å²) in [5.74, 6) is -3.14. The number of aromatic nitrogens is 2. The number of carboxylic acids is 2. The molecule has 0 aliphatic carbocycles. The molecule has 2 aromatic heterocycles. The SMILES string of the molecule is Fc1ccc2c(c1)c1c(n2Cc2ccc(Cl)nc2)C2CCN(CC2)C1.O=C(O)C(O)C(O)C(=O)O. The van der Waals surface area contributed by atoms with Crippen LogP contribution in [-0.2, 0) is 22.7 Å². The Balaban J connectivity index is 0.000000248. The number of aliphatic hydroxyl groups is 2. The molecule has 11 heteroatoms. The number of carboxylic acid groups (broad SMARTS) is 2. The highest BCUT2D eigenvalue weighted by Gasteiger charge is 2.33. The van der Waals surface area contributed by atoms with Gasteiger partial charge < -0.3 is 25.0 Å². The first kappa shape index (κ1) is 25.1. The van der Waals surface area contributed by atoms with Gasteiger partial charge in [0.1, 0.15) is 11.0 Å². The number of aliphatic carboxylic acids is 2. The molecule has 9 nitrogen and oxygen atoms in total. The van der Waals surface area contributed by atoms with Gasteiger partial charge in [0.15, 0.2) is 12.2 Å². The topological polar surface area (TPSA) is 136 Å². The molecule has 1 fully saturated rings. The third-order valence-electron chi connectivity index (χ3n) is 6.46. The number of hydrogen-bond acceptors (Lipinski definition) is 6. The molecule has 186 valence electrons. The molecule has 0 radical (unpaired) electrons. The quantitative estimate of drug-likeness (QED) is 0.388. The van der Waals surface area contributed by atoms with Crippen LogP contribution in [0, 0.1) is 5.82 Å². The molecule has 2 atom stereocenters. The van der Waals surface area contributed by atoms with Gasteiger partial charge in [-0.05, 0) is 61.3 Å². The van der Waals surface area contributed by atoms with E-state index in [4.69, 9.17) is 32.0 Å². The van der Waals surface area contributed by atoms with Crippen molar-refractivity contribution in [2.75, 3.05) is 13.1 Å². The molecule has 0 spiro atoms. The van der Waals surface area contributed by atoms with E-state index < -0.39 is 24.1 Å². The van der Waals surface area contributed by atoms with Crippen molar-refractivity contribution >= 4 is 34.4 Å². The summed E-state index contributed by atoms with van der Waals surface area (Å²) in [6.07, 6.45) is -0.327. The second kappa shape index (κ2) is 10.3. The van der Waals surface area contributed by atoms with E-state index in [1.807, 2.05) is 24.4 Å². The van der Waals surface area contributed by atoms with Crippen molar-refractivity contribution in [1.29, 1.82) is 0 Å². The fourth-order valence-corrected chi connectivity index (χ4v) is 4.87. The summed E-state index contributed by atoms with van der Waals surface area (Å²) >= 11 is 5.93. The molecule has 5 heterocycles. The van der Waals surface area contributed by atoms with Gasteiger partial charge in [0.25, 0.3) is 0 Å². The van der Waals surface area contributed by atoms with Gasteiger partial charge in [-0.15, -0.1) is 0 Å². The fourth-order valence-electron chi connectivity index (χ4n) is 4.76. The van der Waals surface area contributed by atoms with Gasteiger partial charge >= 0.3 is 11.9 Å². The Bertz CT molecular complexity index is 1220. The second-order valence-corrected chi connectivity index (χ2v) is 9.10. The van der Waals surface area contributed by atoms with Crippen LogP contribution in [0.3, 0.4) is 0 Å². The van der Waals surface area contributed by atoms with Crippen LogP contribution in [0.1, 0.15) is 35.6 Å². The summed E-state index contributed by atoms with van der Waals surface area (Å²) in [4.78, 5) is 26.3. The number of carbonyl (C=O) groups is 2. The zero-order valence-electron chi connectivity index (χ0n) is 18.6. The number of benzene rings is 1. The Morgan fingerprint density at radius 2 is 1.74 bits per heavy atom. The average molecular weight is 506 g/mol. The fraction of sp³-hybridized carbons (Fsp3) is 0.375. The smallest absolute Gasteiger partial charge is 0.335 e. The Morgan fingerprint density at radius 1 is 1.09 bits per heavy atom. The Labute approximate surface area is 205 Å². The van der Waals surface area contributed by atoms with Crippen molar-refractivity contribution in [1.82, 2.24) is 14.5 Å². The molecule has 35 heavy (non-hydrogen) atoms. The van der Waals surface area contributed by atoms with Crippen molar-refractivity contribution in [3.05, 3.63) is 64.3 Å². The van der Waals surface area contributed by atoms with Crippen LogP contribution < -0.4 is 0 Å². The van der Waals surface area contributed by atoms with Crippen molar-refractivity contribution in [2.24, 2.45) is 0 Å². The zero-order valence-corrected chi connectivity index (χ0v) is 19.4. The summed E-state index contributed by atoms with van der Waals surface area (Å²) in [6.45, 7) is 3.95. The number of nitrogens with zero attached hydrogens (tertiary/aromatic N) is 3. The first-order valence-electron chi connectivity index (χ1n) is 11.1. The van der Waals surface area contributed by atoms with Crippen LogP contribution in [0.2, 0.25) is 5.15 Å². The minimum atomic E-state index is -2.27. The molecule has 1 saturated heterocycles. The van der Waals surface area contributed by atoms with E-state index in [0.717, 1.165) is 42.6 Å². The maximum absolute atomic E-state index is 14.0. The van der Waals surface area contributed by atoms with Gasteiger partial charge in [0, 0.05) is 41.8 Å². The molecule has 0 saturated carbocycles. The van der Waals surface area contributed by atoms with Gasteiger partial charge in [-0.1, -0.05) is 17.7 Å². The summed E-state index contributed by atoms with van der Waals surface area (Å²) in [5.41, 5.74) is 4.95. The molecule has 6 rings (SSSR count). The lowest BCUT2D eigenvalue weighted by Crippen LogP contribution is -2.39. The minimum Gasteiger partial charge on any atom is -0.479 e. The number of fused-ring (bicyclic) bond motifs is 3. The third-order valence-corrected chi connectivity index (χ3v) is 6.69. The first-order valence-corrected chi connectivity index (χ1v) is 11.5. The van der Waals surface area contributed by atoms with E-state index in [-0.39, 0.29) is 5.82 Å². The van der Waals surface area contributed by atoms with Crippen LogP contribution in [0.15, 0.2) is 36.5 Å². The summed E-state index contributed by atoms with van der Waals surface area (Å²) in [5, 5.41) is 34.1.